The quantitative estimate of drug-likeness (QED) is 0.564. The Morgan fingerprint density at radius 1 is 1.36 bits per heavy atom. The van der Waals surface area contributed by atoms with Gasteiger partial charge in [-0.15, -0.1) is 11.6 Å². The molecule has 0 aliphatic carbocycles. The molecular weight excluding hydrogens is 200 g/mol. The highest BCUT2D eigenvalue weighted by Gasteiger charge is 1.95. The molecule has 0 aliphatic rings. The van der Waals surface area contributed by atoms with Gasteiger partial charge in [-0.2, -0.15) is 0 Å². The van der Waals surface area contributed by atoms with Crippen molar-refractivity contribution >= 4 is 23.6 Å². The van der Waals surface area contributed by atoms with Crippen LogP contribution in [-0.2, 0) is 9.53 Å². The molecule has 2 nitrogen and oxygen atoms in total. The summed E-state index contributed by atoms with van der Waals surface area (Å²) >= 11 is 5.25. The van der Waals surface area contributed by atoms with E-state index in [4.69, 9.17) is 16.3 Å². The van der Waals surface area contributed by atoms with Crippen LogP contribution in [0.1, 0.15) is 5.56 Å². The van der Waals surface area contributed by atoms with Gasteiger partial charge < -0.3 is 4.74 Å². The van der Waals surface area contributed by atoms with Gasteiger partial charge in [0.05, 0.1) is 0 Å². The first-order chi connectivity index (χ1) is 6.83. The monoisotopic (exact) mass is 210 g/mol. The van der Waals surface area contributed by atoms with Crippen molar-refractivity contribution in [1.82, 2.24) is 0 Å². The number of halogens is 1. The highest BCUT2D eigenvalue weighted by Crippen LogP contribution is 2.00. The Labute approximate surface area is 88.1 Å². The number of carbonyl (C=O) groups excluding carboxylic acids is 1. The molecule has 0 fully saturated rings. The van der Waals surface area contributed by atoms with E-state index in [2.05, 4.69) is 0 Å². The molecule has 0 spiro atoms. The lowest BCUT2D eigenvalue weighted by molar-refractivity contribution is -0.139. The summed E-state index contributed by atoms with van der Waals surface area (Å²) in [5.74, 6) is -0.497. The van der Waals surface area contributed by atoms with E-state index in [1.807, 2.05) is 36.4 Å². The van der Waals surface area contributed by atoms with Crippen molar-refractivity contribution < 1.29 is 9.53 Å². The van der Waals surface area contributed by atoms with Crippen LogP contribution < -0.4 is 0 Å². The number of alkyl halides is 1. The Hall–Kier alpha value is -1.28. The summed E-state index contributed by atoms with van der Waals surface area (Å²) in [7, 11) is 0. The number of benzene rings is 1. The lowest BCUT2D eigenvalue weighted by Gasteiger charge is -1.96. The zero-order chi connectivity index (χ0) is 10.2. The number of carbonyl (C=O) groups is 1. The van der Waals surface area contributed by atoms with E-state index < -0.39 is 5.97 Å². The molecule has 0 heterocycles. The van der Waals surface area contributed by atoms with E-state index in [1.54, 1.807) is 6.08 Å². The summed E-state index contributed by atoms with van der Waals surface area (Å²) in [6.45, 7) is 0.264. The summed E-state index contributed by atoms with van der Waals surface area (Å²) in [5.41, 5.74) is 1.08. The lowest BCUT2D eigenvalue weighted by Crippen LogP contribution is -2.04. The molecule has 0 aromatic heterocycles. The maximum atomic E-state index is 10.6. The van der Waals surface area contributed by atoms with Gasteiger partial charge in [-0.1, -0.05) is 36.4 Å². The Morgan fingerprint density at radius 2 is 2.07 bits per heavy atom. The summed E-state index contributed by atoms with van der Waals surface area (Å²) in [4.78, 5) is 10.6. The van der Waals surface area contributed by atoms with Crippen LogP contribution in [0.25, 0.3) is 6.08 Å². The predicted octanol–water partition coefficient (Wildman–Crippen LogP) is 2.48. The van der Waals surface area contributed by atoms with Crippen molar-refractivity contribution in [2.24, 2.45) is 0 Å². The van der Waals surface area contributed by atoms with Crippen LogP contribution in [0.5, 0.6) is 0 Å². The average molecular weight is 211 g/mol. The van der Waals surface area contributed by atoms with Crippen LogP contribution in [0.4, 0.5) is 0 Å². The second kappa shape index (κ2) is 6.22. The van der Waals surface area contributed by atoms with Crippen LogP contribution in [0.2, 0.25) is 0 Å². The minimum Gasteiger partial charge on any atom is -0.461 e. The van der Waals surface area contributed by atoms with Crippen molar-refractivity contribution in [1.29, 1.82) is 0 Å². The van der Waals surface area contributed by atoms with Gasteiger partial charge in [0, 0.05) is 0 Å². The third-order valence-corrected chi connectivity index (χ3v) is 1.78. The van der Waals surface area contributed by atoms with Gasteiger partial charge in [-0.05, 0) is 11.6 Å². The first-order valence-corrected chi connectivity index (χ1v) is 4.79. The van der Waals surface area contributed by atoms with Gasteiger partial charge >= 0.3 is 5.97 Å². The van der Waals surface area contributed by atoms with Crippen molar-refractivity contribution in [3.05, 3.63) is 42.0 Å². The fraction of sp³-hybridized carbons (Fsp3) is 0.182. The molecule has 1 rings (SSSR count). The van der Waals surface area contributed by atoms with Crippen LogP contribution in [0, 0.1) is 0 Å². The molecule has 74 valence electrons. The summed E-state index contributed by atoms with van der Waals surface area (Å²) in [6.07, 6.45) is 3.67. The normalized spacial score (nSPS) is 10.4. The first kappa shape index (κ1) is 10.8. The number of esters is 1. The Morgan fingerprint density at radius 3 is 2.71 bits per heavy atom. The van der Waals surface area contributed by atoms with E-state index in [1.165, 1.54) is 0 Å². The van der Waals surface area contributed by atoms with Gasteiger partial charge in [0.2, 0.25) is 0 Å². The zero-order valence-corrected chi connectivity index (χ0v) is 8.41. The first-order valence-electron chi connectivity index (χ1n) is 4.26. The third kappa shape index (κ3) is 4.10. The van der Waals surface area contributed by atoms with Crippen LogP contribution >= 0.6 is 11.6 Å². The Balaban J connectivity index is 2.31. The SMILES string of the molecule is O=C(CCl)OC/C=C/c1ccccc1. The number of hydrogen-bond acceptors (Lipinski definition) is 2. The summed E-state index contributed by atoms with van der Waals surface area (Å²) in [5, 5.41) is 0. The molecule has 0 N–H and O–H groups in total. The smallest absolute Gasteiger partial charge is 0.321 e. The molecule has 0 unspecified atom stereocenters. The van der Waals surface area contributed by atoms with Crippen molar-refractivity contribution in [3.63, 3.8) is 0 Å². The molecule has 1 aromatic rings. The third-order valence-electron chi connectivity index (χ3n) is 1.56. The van der Waals surface area contributed by atoms with Gasteiger partial charge in [-0.25, -0.2) is 0 Å². The number of rotatable bonds is 4. The molecule has 14 heavy (non-hydrogen) atoms. The molecule has 0 atom stereocenters. The van der Waals surface area contributed by atoms with E-state index in [0.717, 1.165) is 5.56 Å². The fourth-order valence-corrected chi connectivity index (χ4v) is 1.01. The van der Waals surface area contributed by atoms with E-state index >= 15 is 0 Å². The topological polar surface area (TPSA) is 26.3 Å². The van der Waals surface area contributed by atoms with Crippen molar-refractivity contribution in [2.75, 3.05) is 12.5 Å². The molecular formula is C11H11ClO2. The summed E-state index contributed by atoms with van der Waals surface area (Å²) in [6, 6.07) is 9.79. The van der Waals surface area contributed by atoms with Crippen molar-refractivity contribution in [3.8, 4) is 0 Å². The minimum absolute atomic E-state index is 0.0980. The van der Waals surface area contributed by atoms with Crippen LogP contribution in [-0.4, -0.2) is 18.5 Å². The molecule has 1 aromatic carbocycles. The number of hydrogen-bond donors (Lipinski definition) is 0. The number of ether oxygens (including phenoxy) is 1. The second-order valence-electron chi connectivity index (χ2n) is 2.63. The average Bonchev–Trinajstić information content (AvgIpc) is 2.25. The molecule has 3 heteroatoms. The van der Waals surface area contributed by atoms with Gasteiger partial charge in [0.25, 0.3) is 0 Å². The second-order valence-corrected chi connectivity index (χ2v) is 2.90. The zero-order valence-electron chi connectivity index (χ0n) is 7.65. The standard InChI is InChI=1S/C11H11ClO2/c12-9-11(13)14-8-4-7-10-5-2-1-3-6-10/h1-7H,8-9H2/b7-4+. The van der Waals surface area contributed by atoms with Gasteiger partial charge in [0.1, 0.15) is 12.5 Å². The molecule has 0 bridgehead atoms. The maximum Gasteiger partial charge on any atom is 0.321 e. The molecule has 0 amide bonds. The van der Waals surface area contributed by atoms with Gasteiger partial charge in [-0.3, -0.25) is 4.79 Å². The van der Waals surface area contributed by atoms with Crippen LogP contribution in [0.3, 0.4) is 0 Å². The maximum absolute atomic E-state index is 10.6. The molecule has 0 radical (unpaired) electrons. The molecule has 0 saturated heterocycles. The highest BCUT2D eigenvalue weighted by molar-refractivity contribution is 6.26. The van der Waals surface area contributed by atoms with Gasteiger partial charge in [0.15, 0.2) is 0 Å². The molecule has 0 saturated carbocycles. The fourth-order valence-electron chi connectivity index (χ4n) is 0.928. The predicted molar refractivity (Wildman–Crippen MR) is 57.2 cm³/mol. The lowest BCUT2D eigenvalue weighted by atomic mass is 10.2. The molecule has 0 aliphatic heterocycles. The largest absolute Gasteiger partial charge is 0.461 e. The van der Waals surface area contributed by atoms with E-state index in [-0.39, 0.29) is 12.5 Å². The summed E-state index contributed by atoms with van der Waals surface area (Å²) < 4.78 is 4.76. The Bertz CT molecular complexity index is 306. The van der Waals surface area contributed by atoms with Crippen molar-refractivity contribution in [2.45, 2.75) is 0 Å². The van der Waals surface area contributed by atoms with Crippen LogP contribution in [0.15, 0.2) is 36.4 Å². The minimum atomic E-state index is -0.399. The Kier molecular flexibility index (Phi) is 4.79. The van der Waals surface area contributed by atoms with E-state index in [9.17, 15) is 4.79 Å². The highest BCUT2D eigenvalue weighted by atomic mass is 35.5. The van der Waals surface area contributed by atoms with E-state index in [0.29, 0.717) is 0 Å².